The summed E-state index contributed by atoms with van der Waals surface area (Å²) in [7, 11) is 1.63. The lowest BCUT2D eigenvalue weighted by atomic mass is 10.0. The van der Waals surface area contributed by atoms with Crippen LogP contribution in [0.15, 0.2) is 66.7 Å². The number of benzene rings is 3. The van der Waals surface area contributed by atoms with Crippen molar-refractivity contribution in [3.05, 3.63) is 78.1 Å². The molecule has 1 N–H and O–H groups in total. The molecule has 1 saturated heterocycles. The number of carbonyl (C=O) groups excluding carboxylic acids is 2. The van der Waals surface area contributed by atoms with Gasteiger partial charge in [-0.15, -0.1) is 0 Å². The Morgan fingerprint density at radius 3 is 2.30 bits per heavy atom. The first-order valence-corrected chi connectivity index (χ1v) is 12.9. The third kappa shape index (κ3) is 4.61. The topological polar surface area (TPSA) is 67.2 Å². The number of nitrogens with zero attached hydrogens (tertiary/aromatic N) is 3. The van der Waals surface area contributed by atoms with Gasteiger partial charge in [-0.1, -0.05) is 36.4 Å². The van der Waals surface area contributed by atoms with Crippen molar-refractivity contribution < 1.29 is 14.0 Å². The van der Waals surface area contributed by atoms with Crippen molar-refractivity contribution in [2.45, 2.75) is 25.8 Å². The molecular formula is C30H29FN4O2. The first-order chi connectivity index (χ1) is 18.0. The molecule has 3 aromatic carbocycles. The summed E-state index contributed by atoms with van der Waals surface area (Å²) in [5.74, 6) is 1.30. The van der Waals surface area contributed by atoms with Gasteiger partial charge in [-0.3, -0.25) is 9.59 Å². The Hall–Kier alpha value is -4.00. The molecule has 4 aromatic rings. The second kappa shape index (κ2) is 9.47. The van der Waals surface area contributed by atoms with Gasteiger partial charge in [0.2, 0.25) is 5.91 Å². The SMILES string of the molecule is CNC(=O)c1ccc2nc(-c3ccc(-c4ccc(F)cc4)cc3)n(C[C@@H]3CCN(C(=O)C4CC4)C3)c2c1. The number of nitrogens with one attached hydrogen (secondary N) is 1. The average Bonchev–Trinajstić information content (AvgIpc) is 3.58. The third-order valence-electron chi connectivity index (χ3n) is 7.52. The van der Waals surface area contributed by atoms with Gasteiger partial charge in [0.05, 0.1) is 11.0 Å². The van der Waals surface area contributed by atoms with Crippen LogP contribution in [0.1, 0.15) is 29.6 Å². The van der Waals surface area contributed by atoms with Gasteiger partial charge >= 0.3 is 0 Å². The van der Waals surface area contributed by atoms with Crippen molar-refractivity contribution in [1.29, 1.82) is 0 Å². The highest BCUT2D eigenvalue weighted by atomic mass is 19.1. The van der Waals surface area contributed by atoms with Gasteiger partial charge in [0, 0.05) is 43.7 Å². The summed E-state index contributed by atoms with van der Waals surface area (Å²) in [5.41, 5.74) is 5.24. The van der Waals surface area contributed by atoms with Crippen LogP contribution in [0.5, 0.6) is 0 Å². The quantitative estimate of drug-likeness (QED) is 0.403. The largest absolute Gasteiger partial charge is 0.355 e. The second-order valence-electron chi connectivity index (χ2n) is 10.1. The molecule has 0 radical (unpaired) electrons. The van der Waals surface area contributed by atoms with Crippen LogP contribution in [0.2, 0.25) is 0 Å². The Morgan fingerprint density at radius 2 is 1.62 bits per heavy atom. The Morgan fingerprint density at radius 1 is 0.946 bits per heavy atom. The number of likely N-dealkylation sites (tertiary alicyclic amines) is 1. The van der Waals surface area contributed by atoms with E-state index in [1.807, 2.05) is 41.3 Å². The molecule has 1 atom stereocenters. The van der Waals surface area contributed by atoms with Gasteiger partial charge in [0.1, 0.15) is 11.6 Å². The molecule has 6 rings (SSSR count). The normalized spacial score (nSPS) is 17.4. The summed E-state index contributed by atoms with van der Waals surface area (Å²) in [5, 5.41) is 2.70. The molecule has 0 spiro atoms. The maximum atomic E-state index is 13.4. The third-order valence-corrected chi connectivity index (χ3v) is 7.52. The summed E-state index contributed by atoms with van der Waals surface area (Å²) >= 11 is 0. The van der Waals surface area contributed by atoms with Crippen LogP contribution in [-0.2, 0) is 11.3 Å². The number of halogens is 1. The molecule has 2 amide bonds. The van der Waals surface area contributed by atoms with Crippen LogP contribution in [-0.4, -0.2) is 46.4 Å². The molecule has 2 fully saturated rings. The van der Waals surface area contributed by atoms with Crippen LogP contribution in [0.3, 0.4) is 0 Å². The van der Waals surface area contributed by atoms with Crippen LogP contribution >= 0.6 is 0 Å². The second-order valence-corrected chi connectivity index (χ2v) is 10.1. The molecule has 2 heterocycles. The van der Waals surface area contributed by atoms with Crippen molar-refractivity contribution in [3.63, 3.8) is 0 Å². The molecule has 7 heteroatoms. The minimum Gasteiger partial charge on any atom is -0.355 e. The lowest BCUT2D eigenvalue weighted by molar-refractivity contribution is -0.131. The summed E-state index contributed by atoms with van der Waals surface area (Å²) in [6.07, 6.45) is 3.00. The number of aromatic nitrogens is 2. The molecule has 37 heavy (non-hydrogen) atoms. The molecule has 1 aliphatic carbocycles. The number of carbonyl (C=O) groups is 2. The molecule has 0 unspecified atom stereocenters. The minimum absolute atomic E-state index is 0.137. The number of hydrogen-bond acceptors (Lipinski definition) is 3. The van der Waals surface area contributed by atoms with Crippen molar-refractivity contribution >= 4 is 22.8 Å². The zero-order valence-electron chi connectivity index (χ0n) is 20.8. The van der Waals surface area contributed by atoms with E-state index >= 15 is 0 Å². The number of fused-ring (bicyclic) bond motifs is 1. The monoisotopic (exact) mass is 496 g/mol. The van der Waals surface area contributed by atoms with E-state index in [-0.39, 0.29) is 17.6 Å². The maximum absolute atomic E-state index is 13.4. The Labute approximate surface area is 215 Å². The molecule has 6 nitrogen and oxygen atoms in total. The Kier molecular flexibility index (Phi) is 5.99. The van der Waals surface area contributed by atoms with E-state index in [0.29, 0.717) is 17.4 Å². The molecule has 0 bridgehead atoms. The fourth-order valence-corrected chi connectivity index (χ4v) is 5.30. The number of hydrogen-bond donors (Lipinski definition) is 1. The zero-order valence-corrected chi connectivity index (χ0v) is 20.8. The van der Waals surface area contributed by atoms with Crippen LogP contribution in [0.25, 0.3) is 33.5 Å². The van der Waals surface area contributed by atoms with Gasteiger partial charge in [0.15, 0.2) is 0 Å². The molecular weight excluding hydrogens is 467 g/mol. The van der Waals surface area contributed by atoms with Gasteiger partial charge in [-0.2, -0.15) is 0 Å². The summed E-state index contributed by atoms with van der Waals surface area (Å²) in [6, 6.07) is 20.2. The van der Waals surface area contributed by atoms with E-state index in [0.717, 1.165) is 72.4 Å². The summed E-state index contributed by atoms with van der Waals surface area (Å²) in [6.45, 7) is 2.28. The fourth-order valence-electron chi connectivity index (χ4n) is 5.30. The molecule has 1 aliphatic heterocycles. The van der Waals surface area contributed by atoms with Crippen LogP contribution in [0, 0.1) is 17.7 Å². The van der Waals surface area contributed by atoms with E-state index < -0.39 is 0 Å². The lowest BCUT2D eigenvalue weighted by Crippen LogP contribution is -2.30. The molecule has 2 aliphatic rings. The van der Waals surface area contributed by atoms with Crippen molar-refractivity contribution in [1.82, 2.24) is 19.8 Å². The van der Waals surface area contributed by atoms with Crippen LogP contribution in [0.4, 0.5) is 4.39 Å². The van der Waals surface area contributed by atoms with Crippen LogP contribution < -0.4 is 5.32 Å². The first-order valence-electron chi connectivity index (χ1n) is 12.9. The van der Waals surface area contributed by atoms with E-state index in [9.17, 15) is 14.0 Å². The van der Waals surface area contributed by atoms with Crippen molar-refractivity contribution in [2.24, 2.45) is 11.8 Å². The Bertz CT molecular complexity index is 1470. The average molecular weight is 497 g/mol. The highest BCUT2D eigenvalue weighted by molar-refractivity contribution is 5.97. The van der Waals surface area contributed by atoms with E-state index in [4.69, 9.17) is 4.98 Å². The van der Waals surface area contributed by atoms with Gasteiger partial charge in [-0.05, 0) is 66.6 Å². The van der Waals surface area contributed by atoms with E-state index in [2.05, 4.69) is 9.88 Å². The number of imidazole rings is 1. The molecule has 1 saturated carbocycles. The molecule has 1 aromatic heterocycles. The predicted octanol–water partition coefficient (Wildman–Crippen LogP) is 5.13. The first kappa shape index (κ1) is 23.4. The standard InChI is InChI=1S/C30H29FN4O2/c1-32-29(36)24-10-13-26-27(16-24)35(18-19-14-15-34(17-19)30(37)23-6-7-23)28(33-26)22-4-2-20(3-5-22)21-8-11-25(31)12-9-21/h2-5,8-13,16,19,23H,6-7,14-15,17-18H2,1H3,(H,32,36)/t19-/m1/s1. The zero-order chi connectivity index (χ0) is 25.5. The maximum Gasteiger partial charge on any atom is 0.251 e. The van der Waals surface area contributed by atoms with Gasteiger partial charge in [-0.25, -0.2) is 9.37 Å². The van der Waals surface area contributed by atoms with Gasteiger partial charge in [0.25, 0.3) is 5.91 Å². The van der Waals surface area contributed by atoms with E-state index in [1.165, 1.54) is 12.1 Å². The summed E-state index contributed by atoms with van der Waals surface area (Å²) < 4.78 is 15.6. The highest BCUT2D eigenvalue weighted by Gasteiger charge is 2.36. The van der Waals surface area contributed by atoms with Gasteiger partial charge < -0.3 is 14.8 Å². The molecule has 188 valence electrons. The fraction of sp³-hybridized carbons (Fsp3) is 0.300. The highest BCUT2D eigenvalue weighted by Crippen LogP contribution is 2.34. The summed E-state index contributed by atoms with van der Waals surface area (Å²) in [4.78, 5) is 32.0. The predicted molar refractivity (Wildman–Crippen MR) is 141 cm³/mol. The Balaban J connectivity index is 1.35. The van der Waals surface area contributed by atoms with Crippen molar-refractivity contribution in [3.8, 4) is 22.5 Å². The minimum atomic E-state index is -0.255. The van der Waals surface area contributed by atoms with Crippen molar-refractivity contribution in [2.75, 3.05) is 20.1 Å². The lowest BCUT2D eigenvalue weighted by Gasteiger charge is -2.18. The number of rotatable bonds is 6. The van der Waals surface area contributed by atoms with E-state index in [1.54, 1.807) is 25.2 Å². The number of amides is 2. The smallest absolute Gasteiger partial charge is 0.251 e.